The lowest BCUT2D eigenvalue weighted by atomic mass is 10.1. The first-order valence-corrected chi connectivity index (χ1v) is 15.4. The van der Waals surface area contributed by atoms with Crippen molar-refractivity contribution in [2.75, 3.05) is 26.2 Å². The van der Waals surface area contributed by atoms with Gasteiger partial charge in [0, 0.05) is 41.5 Å². The van der Waals surface area contributed by atoms with Crippen molar-refractivity contribution in [2.45, 2.75) is 37.8 Å². The Morgan fingerprint density at radius 1 is 1.13 bits per heavy atom. The number of nitrogens with zero attached hydrogens (tertiary/aromatic N) is 2. The molecule has 2 fully saturated rings. The molecule has 210 valence electrons. The molecule has 3 amide bonds. The Balaban J connectivity index is 1.31. The van der Waals surface area contributed by atoms with E-state index in [1.165, 1.54) is 34.4 Å². The summed E-state index contributed by atoms with van der Waals surface area (Å²) in [5, 5.41) is 3.60. The lowest BCUT2D eigenvalue weighted by molar-refractivity contribution is -0.143. The van der Waals surface area contributed by atoms with Crippen molar-refractivity contribution in [3.63, 3.8) is 0 Å². The van der Waals surface area contributed by atoms with Crippen molar-refractivity contribution < 1.29 is 27.2 Å². The van der Waals surface area contributed by atoms with Gasteiger partial charge in [0.25, 0.3) is 5.91 Å². The number of amides is 3. The Bertz CT molecular complexity index is 1380. The van der Waals surface area contributed by atoms with E-state index < -0.39 is 33.7 Å². The lowest BCUT2D eigenvalue weighted by Crippen LogP contribution is -2.55. The second kappa shape index (κ2) is 12.8. The number of halogens is 3. The smallest absolute Gasteiger partial charge is 0.251 e. The van der Waals surface area contributed by atoms with Crippen molar-refractivity contribution in [3.05, 3.63) is 61.4 Å². The molecule has 0 aliphatic carbocycles. The largest absolute Gasteiger partial charge is 0.350 e. The molecule has 0 unspecified atom stereocenters. The van der Waals surface area contributed by atoms with Gasteiger partial charge < -0.3 is 15.1 Å². The number of thiophene rings is 1. The van der Waals surface area contributed by atoms with Crippen molar-refractivity contribution in [2.24, 2.45) is 0 Å². The number of sulfonamides is 1. The molecular weight excluding hydrogens is 590 g/mol. The predicted molar refractivity (Wildman–Crippen MR) is 148 cm³/mol. The van der Waals surface area contributed by atoms with E-state index in [1.54, 1.807) is 17.0 Å². The Morgan fingerprint density at radius 3 is 2.62 bits per heavy atom. The molecule has 0 saturated carbocycles. The topological polar surface area (TPSA) is 116 Å². The highest BCUT2D eigenvalue weighted by Gasteiger charge is 2.35. The molecule has 39 heavy (non-hydrogen) atoms. The maximum Gasteiger partial charge on any atom is 0.251 e. The highest BCUT2D eigenvalue weighted by Crippen LogP contribution is 2.23. The van der Waals surface area contributed by atoms with Gasteiger partial charge in [-0.15, -0.1) is 11.3 Å². The summed E-state index contributed by atoms with van der Waals surface area (Å²) in [5.41, 5.74) is 0.207. The molecule has 14 heteroatoms. The third kappa shape index (κ3) is 7.79. The molecule has 2 aliphatic rings. The van der Waals surface area contributed by atoms with Gasteiger partial charge in [-0.05, 0) is 62.1 Å². The van der Waals surface area contributed by atoms with Crippen LogP contribution in [-0.2, 0) is 19.6 Å². The normalized spacial score (nSPS) is 20.1. The molecule has 0 bridgehead atoms. The van der Waals surface area contributed by atoms with Gasteiger partial charge in [-0.1, -0.05) is 23.2 Å². The second-order valence-electron chi connectivity index (χ2n) is 9.28. The van der Waals surface area contributed by atoms with Crippen LogP contribution in [0.2, 0.25) is 9.36 Å². The Hall–Kier alpha value is -2.51. The number of hydrogen-bond donors (Lipinski definition) is 2. The maximum atomic E-state index is 13.4. The molecule has 4 rings (SSSR count). The zero-order valence-corrected chi connectivity index (χ0v) is 23.9. The van der Waals surface area contributed by atoms with E-state index in [-0.39, 0.29) is 35.6 Å². The average molecular weight is 618 g/mol. The Labute approximate surface area is 240 Å². The Morgan fingerprint density at radius 2 is 1.90 bits per heavy atom. The van der Waals surface area contributed by atoms with Crippen LogP contribution in [0, 0.1) is 5.82 Å². The van der Waals surface area contributed by atoms with Gasteiger partial charge in [0.15, 0.2) is 0 Å². The van der Waals surface area contributed by atoms with Gasteiger partial charge in [-0.2, -0.15) is 4.72 Å². The first-order chi connectivity index (χ1) is 18.5. The summed E-state index contributed by atoms with van der Waals surface area (Å²) in [5.74, 6) is -1.79. The van der Waals surface area contributed by atoms with Crippen LogP contribution in [0.5, 0.6) is 0 Å². The minimum atomic E-state index is -3.90. The van der Waals surface area contributed by atoms with Crippen LogP contribution in [0.15, 0.2) is 35.7 Å². The van der Waals surface area contributed by atoms with Gasteiger partial charge in [0.05, 0.1) is 15.9 Å². The fraction of sp³-hybridized carbons (Fsp3) is 0.400. The standard InChI is InChI=1S/C25H27Cl2FN4O5S2/c26-19-13-16(5-7-20(19)28)24(34)29-14-17-3-1-11-32(17)23(33)15-31-10-2-4-21(25(31)35)30-39(36,37)12-9-18-6-8-22(27)38-18/h5-9,12-13,17,21,30H,1-4,10-11,14-15H2,(H,29,34)/b12-9+/t17-,21-/m0/s1. The van der Waals surface area contributed by atoms with E-state index >= 15 is 0 Å². The number of piperidine rings is 1. The molecule has 2 N–H and O–H groups in total. The fourth-order valence-corrected chi connectivity index (χ4v) is 6.85. The Kier molecular flexibility index (Phi) is 9.65. The van der Waals surface area contributed by atoms with E-state index in [4.69, 9.17) is 23.2 Å². The van der Waals surface area contributed by atoms with Crippen LogP contribution in [0.4, 0.5) is 4.39 Å². The molecule has 0 spiro atoms. The van der Waals surface area contributed by atoms with Crippen molar-refractivity contribution >= 4 is 68.4 Å². The third-order valence-electron chi connectivity index (χ3n) is 6.55. The second-order valence-corrected chi connectivity index (χ2v) is 13.0. The highest BCUT2D eigenvalue weighted by molar-refractivity contribution is 7.92. The first-order valence-electron chi connectivity index (χ1n) is 12.3. The summed E-state index contributed by atoms with van der Waals surface area (Å²) in [6.07, 6.45) is 3.69. The van der Waals surface area contributed by atoms with Crippen LogP contribution < -0.4 is 10.0 Å². The minimum absolute atomic E-state index is 0.157. The van der Waals surface area contributed by atoms with E-state index in [0.717, 1.165) is 17.9 Å². The van der Waals surface area contributed by atoms with E-state index in [0.29, 0.717) is 41.6 Å². The molecular formula is C25H27Cl2FN4O5S2. The van der Waals surface area contributed by atoms with Crippen molar-refractivity contribution in [3.8, 4) is 0 Å². The van der Waals surface area contributed by atoms with E-state index in [9.17, 15) is 27.2 Å². The number of carbonyl (C=O) groups is 3. The molecule has 1 aromatic heterocycles. The summed E-state index contributed by atoms with van der Waals surface area (Å²) in [6.45, 7) is 0.834. The molecule has 2 aliphatic heterocycles. The van der Waals surface area contributed by atoms with Crippen LogP contribution >= 0.6 is 34.5 Å². The van der Waals surface area contributed by atoms with E-state index in [1.807, 2.05) is 0 Å². The molecule has 2 aromatic rings. The lowest BCUT2D eigenvalue weighted by Gasteiger charge is -2.34. The number of benzene rings is 1. The monoisotopic (exact) mass is 616 g/mol. The van der Waals surface area contributed by atoms with Crippen LogP contribution in [0.1, 0.15) is 40.9 Å². The van der Waals surface area contributed by atoms with Crippen molar-refractivity contribution in [1.82, 2.24) is 19.8 Å². The molecule has 1 aromatic carbocycles. The average Bonchev–Trinajstić information content (AvgIpc) is 3.54. The summed E-state index contributed by atoms with van der Waals surface area (Å²) in [6, 6.07) is 5.80. The summed E-state index contributed by atoms with van der Waals surface area (Å²) < 4.78 is 41.4. The summed E-state index contributed by atoms with van der Waals surface area (Å²) in [4.78, 5) is 42.3. The maximum absolute atomic E-state index is 13.4. The minimum Gasteiger partial charge on any atom is -0.350 e. The predicted octanol–water partition coefficient (Wildman–Crippen LogP) is 3.50. The van der Waals surface area contributed by atoms with E-state index in [2.05, 4.69) is 10.0 Å². The van der Waals surface area contributed by atoms with Crippen LogP contribution in [0.3, 0.4) is 0 Å². The molecule has 2 saturated heterocycles. The fourth-order valence-electron chi connectivity index (χ4n) is 4.60. The summed E-state index contributed by atoms with van der Waals surface area (Å²) in [7, 11) is -3.90. The third-order valence-corrected chi connectivity index (χ3v) is 9.14. The SMILES string of the molecule is O=C(NC[C@@H]1CCCN1C(=O)CN1CCC[C@H](NS(=O)(=O)/C=C/c2ccc(Cl)s2)C1=O)c1ccc(F)c(Cl)c1. The zero-order chi connectivity index (χ0) is 28.2. The number of likely N-dealkylation sites (tertiary alicyclic amines) is 2. The van der Waals surface area contributed by atoms with Crippen LogP contribution in [0.25, 0.3) is 6.08 Å². The number of hydrogen-bond acceptors (Lipinski definition) is 6. The first kappa shape index (κ1) is 29.5. The van der Waals surface area contributed by atoms with Gasteiger partial charge in [-0.3, -0.25) is 14.4 Å². The zero-order valence-electron chi connectivity index (χ0n) is 20.7. The molecule has 9 nitrogen and oxygen atoms in total. The molecule has 3 heterocycles. The van der Waals surface area contributed by atoms with Gasteiger partial charge in [-0.25, -0.2) is 12.8 Å². The van der Waals surface area contributed by atoms with Gasteiger partial charge in [0.2, 0.25) is 21.8 Å². The quantitative estimate of drug-likeness (QED) is 0.447. The number of carbonyl (C=O) groups excluding carboxylic acids is 3. The number of rotatable bonds is 9. The highest BCUT2D eigenvalue weighted by atomic mass is 35.5. The number of nitrogens with one attached hydrogen (secondary N) is 2. The van der Waals surface area contributed by atoms with Gasteiger partial charge in [0.1, 0.15) is 11.9 Å². The molecule has 0 radical (unpaired) electrons. The van der Waals surface area contributed by atoms with Crippen LogP contribution in [-0.4, -0.2) is 74.2 Å². The van der Waals surface area contributed by atoms with Crippen molar-refractivity contribution in [1.29, 1.82) is 0 Å². The molecule has 2 atom stereocenters. The summed E-state index contributed by atoms with van der Waals surface area (Å²) >= 11 is 12.9. The van der Waals surface area contributed by atoms with Gasteiger partial charge >= 0.3 is 0 Å².